The van der Waals surface area contributed by atoms with Crippen LogP contribution in [0.25, 0.3) is 22.3 Å². The maximum absolute atomic E-state index is 5.32. The lowest BCUT2D eigenvalue weighted by Gasteiger charge is -2.09. The number of hydrogen-bond acceptors (Lipinski definition) is 2. The summed E-state index contributed by atoms with van der Waals surface area (Å²) in [5, 5.41) is 0. The van der Waals surface area contributed by atoms with E-state index in [0.717, 1.165) is 22.6 Å². The van der Waals surface area contributed by atoms with Crippen molar-refractivity contribution in [2.45, 2.75) is 6.92 Å². The van der Waals surface area contributed by atoms with Crippen LogP contribution in [-0.4, -0.2) is 14.2 Å². The third kappa shape index (κ3) is 3.21. The summed E-state index contributed by atoms with van der Waals surface area (Å²) < 4.78 is 10.6. The molecule has 0 spiro atoms. The first-order valence-corrected chi connectivity index (χ1v) is 7.61. The van der Waals surface area contributed by atoms with Crippen LogP contribution in [0.15, 0.2) is 66.7 Å². The zero-order valence-corrected chi connectivity index (χ0v) is 13.7. The highest BCUT2D eigenvalue weighted by Crippen LogP contribution is 2.29. The van der Waals surface area contributed by atoms with Crippen LogP contribution in [0.2, 0.25) is 0 Å². The number of methoxy groups -OCH3 is 2. The van der Waals surface area contributed by atoms with Crippen molar-refractivity contribution in [3.05, 3.63) is 72.3 Å². The summed E-state index contributed by atoms with van der Waals surface area (Å²) in [6.45, 7) is 2.06. The topological polar surface area (TPSA) is 18.5 Å². The molecule has 3 rings (SSSR count). The quantitative estimate of drug-likeness (QED) is 0.647. The molecular formula is C21H20O2. The Morgan fingerprint density at radius 3 is 1.78 bits per heavy atom. The average molecular weight is 304 g/mol. The average Bonchev–Trinajstić information content (AvgIpc) is 2.62. The molecule has 2 nitrogen and oxygen atoms in total. The third-order valence-electron chi connectivity index (χ3n) is 4.02. The highest BCUT2D eigenvalue weighted by atomic mass is 16.5. The Balaban J connectivity index is 1.91. The summed E-state index contributed by atoms with van der Waals surface area (Å²) in [7, 11) is 3.39. The lowest BCUT2D eigenvalue weighted by molar-refractivity contribution is 0.412. The Bertz CT molecular complexity index is 804. The molecule has 2 heteroatoms. The van der Waals surface area contributed by atoms with Crippen molar-refractivity contribution in [3.63, 3.8) is 0 Å². The molecule has 0 aliphatic heterocycles. The molecule has 0 aliphatic rings. The minimum Gasteiger partial charge on any atom is -0.497 e. The molecule has 0 atom stereocenters. The zero-order valence-electron chi connectivity index (χ0n) is 13.7. The Labute approximate surface area is 137 Å². The molecule has 0 heterocycles. The third-order valence-corrected chi connectivity index (χ3v) is 4.02. The highest BCUT2D eigenvalue weighted by molar-refractivity contribution is 5.71. The van der Waals surface area contributed by atoms with Gasteiger partial charge in [-0.3, -0.25) is 0 Å². The lowest BCUT2D eigenvalue weighted by atomic mass is 9.99. The molecule has 0 aliphatic carbocycles. The molecule has 0 N–H and O–H groups in total. The zero-order chi connectivity index (χ0) is 16.2. The number of hydrogen-bond donors (Lipinski definition) is 0. The van der Waals surface area contributed by atoms with Gasteiger partial charge in [0.2, 0.25) is 0 Å². The molecule has 0 fully saturated rings. The Morgan fingerprint density at radius 1 is 0.609 bits per heavy atom. The fourth-order valence-electron chi connectivity index (χ4n) is 2.72. The first-order chi connectivity index (χ1) is 11.2. The second-order valence-electron chi connectivity index (χ2n) is 5.49. The van der Waals surface area contributed by atoms with Crippen LogP contribution in [0.1, 0.15) is 5.56 Å². The first-order valence-electron chi connectivity index (χ1n) is 7.61. The van der Waals surface area contributed by atoms with Crippen LogP contribution in [0.4, 0.5) is 0 Å². The van der Waals surface area contributed by atoms with E-state index < -0.39 is 0 Å². The molecule has 0 saturated heterocycles. The minimum absolute atomic E-state index is 0.873. The summed E-state index contributed by atoms with van der Waals surface area (Å²) >= 11 is 0. The van der Waals surface area contributed by atoms with E-state index in [-0.39, 0.29) is 0 Å². The van der Waals surface area contributed by atoms with Gasteiger partial charge in [0, 0.05) is 0 Å². The summed E-state index contributed by atoms with van der Waals surface area (Å²) in [6.07, 6.45) is 0. The predicted octanol–water partition coefficient (Wildman–Crippen LogP) is 5.35. The SMILES string of the molecule is COc1cccc(-c2ccc(-c3ccc(OC)c(C)c3)cc2)c1. The van der Waals surface area contributed by atoms with E-state index in [4.69, 9.17) is 9.47 Å². The summed E-state index contributed by atoms with van der Waals surface area (Å²) in [5.41, 5.74) is 5.87. The van der Waals surface area contributed by atoms with E-state index >= 15 is 0 Å². The molecule has 0 saturated carbocycles. The van der Waals surface area contributed by atoms with E-state index in [9.17, 15) is 0 Å². The smallest absolute Gasteiger partial charge is 0.121 e. The van der Waals surface area contributed by atoms with E-state index in [2.05, 4.69) is 49.4 Å². The van der Waals surface area contributed by atoms with E-state index in [1.165, 1.54) is 16.7 Å². The maximum atomic E-state index is 5.32. The van der Waals surface area contributed by atoms with Gasteiger partial charge in [-0.1, -0.05) is 42.5 Å². The lowest BCUT2D eigenvalue weighted by Crippen LogP contribution is -1.88. The fraction of sp³-hybridized carbons (Fsp3) is 0.143. The van der Waals surface area contributed by atoms with Crippen LogP contribution in [-0.2, 0) is 0 Å². The van der Waals surface area contributed by atoms with Crippen molar-refractivity contribution in [1.82, 2.24) is 0 Å². The normalized spacial score (nSPS) is 10.4. The molecule has 0 aromatic heterocycles. The van der Waals surface area contributed by atoms with Gasteiger partial charge in [0.05, 0.1) is 14.2 Å². The second-order valence-corrected chi connectivity index (χ2v) is 5.49. The second kappa shape index (κ2) is 6.57. The van der Waals surface area contributed by atoms with E-state index in [0.29, 0.717) is 0 Å². The van der Waals surface area contributed by atoms with Crippen molar-refractivity contribution >= 4 is 0 Å². The van der Waals surface area contributed by atoms with Crippen molar-refractivity contribution < 1.29 is 9.47 Å². The van der Waals surface area contributed by atoms with Crippen LogP contribution in [0, 0.1) is 6.92 Å². The van der Waals surface area contributed by atoms with Gasteiger partial charge in [-0.15, -0.1) is 0 Å². The van der Waals surface area contributed by atoms with E-state index in [1.54, 1.807) is 14.2 Å². The summed E-state index contributed by atoms with van der Waals surface area (Å²) in [4.78, 5) is 0. The van der Waals surface area contributed by atoms with Gasteiger partial charge in [0.15, 0.2) is 0 Å². The summed E-state index contributed by atoms with van der Waals surface area (Å²) in [5.74, 6) is 1.79. The first kappa shape index (κ1) is 15.2. The molecule has 23 heavy (non-hydrogen) atoms. The number of benzene rings is 3. The molecule has 116 valence electrons. The largest absolute Gasteiger partial charge is 0.497 e. The Morgan fingerprint density at radius 2 is 1.22 bits per heavy atom. The summed E-state index contributed by atoms with van der Waals surface area (Å²) in [6, 6.07) is 22.9. The van der Waals surface area contributed by atoms with Gasteiger partial charge < -0.3 is 9.47 Å². The number of rotatable bonds is 4. The molecule has 0 bridgehead atoms. The monoisotopic (exact) mass is 304 g/mol. The van der Waals surface area contributed by atoms with Gasteiger partial charge in [-0.2, -0.15) is 0 Å². The van der Waals surface area contributed by atoms with Gasteiger partial charge in [-0.25, -0.2) is 0 Å². The van der Waals surface area contributed by atoms with Crippen LogP contribution >= 0.6 is 0 Å². The maximum Gasteiger partial charge on any atom is 0.121 e. The van der Waals surface area contributed by atoms with Gasteiger partial charge in [-0.05, 0) is 59.0 Å². The Hall–Kier alpha value is -2.74. The molecule has 3 aromatic carbocycles. The van der Waals surface area contributed by atoms with Gasteiger partial charge >= 0.3 is 0 Å². The highest BCUT2D eigenvalue weighted by Gasteiger charge is 2.04. The van der Waals surface area contributed by atoms with Gasteiger partial charge in [0.25, 0.3) is 0 Å². The molecule has 3 aromatic rings. The minimum atomic E-state index is 0.873. The van der Waals surface area contributed by atoms with Crippen LogP contribution in [0.5, 0.6) is 11.5 Å². The number of ether oxygens (including phenoxy) is 2. The molecule has 0 unspecified atom stereocenters. The Kier molecular flexibility index (Phi) is 4.33. The van der Waals surface area contributed by atoms with Crippen LogP contribution < -0.4 is 9.47 Å². The van der Waals surface area contributed by atoms with Crippen molar-refractivity contribution in [2.75, 3.05) is 14.2 Å². The van der Waals surface area contributed by atoms with Crippen LogP contribution in [0.3, 0.4) is 0 Å². The van der Waals surface area contributed by atoms with Crippen molar-refractivity contribution in [3.8, 4) is 33.8 Å². The van der Waals surface area contributed by atoms with Crippen molar-refractivity contribution in [1.29, 1.82) is 0 Å². The molecule has 0 amide bonds. The fourth-order valence-corrected chi connectivity index (χ4v) is 2.72. The molecular weight excluding hydrogens is 284 g/mol. The number of aryl methyl sites for hydroxylation is 1. The van der Waals surface area contributed by atoms with E-state index in [1.807, 2.05) is 24.3 Å². The standard InChI is InChI=1S/C21H20O2/c1-15-13-19(11-12-21(15)23-3)17-9-7-16(8-10-17)18-5-4-6-20(14-18)22-2/h4-14H,1-3H3. The van der Waals surface area contributed by atoms with Gasteiger partial charge in [0.1, 0.15) is 11.5 Å². The molecule has 0 radical (unpaired) electrons. The predicted molar refractivity (Wildman–Crippen MR) is 95.2 cm³/mol. The van der Waals surface area contributed by atoms with Crippen molar-refractivity contribution in [2.24, 2.45) is 0 Å².